The number of amides is 1. The summed E-state index contributed by atoms with van der Waals surface area (Å²) in [6, 6.07) is 2.82. The van der Waals surface area contributed by atoms with Crippen molar-refractivity contribution in [2.45, 2.75) is 44.1 Å². The van der Waals surface area contributed by atoms with Gasteiger partial charge in [-0.15, -0.1) is 12.4 Å². The van der Waals surface area contributed by atoms with Crippen molar-refractivity contribution in [1.82, 2.24) is 14.5 Å². The quantitative estimate of drug-likeness (QED) is 0.539. The van der Waals surface area contributed by atoms with Crippen molar-refractivity contribution in [3.63, 3.8) is 0 Å². The summed E-state index contributed by atoms with van der Waals surface area (Å²) >= 11 is 18.2. The number of rotatable bonds is 6. The summed E-state index contributed by atoms with van der Waals surface area (Å²) < 4.78 is 53.7. The van der Waals surface area contributed by atoms with E-state index in [9.17, 15) is 22.0 Å². The molecule has 13 heteroatoms. The third-order valence-electron chi connectivity index (χ3n) is 6.39. The summed E-state index contributed by atoms with van der Waals surface area (Å²) in [5.74, 6) is -3.24. The predicted molar refractivity (Wildman–Crippen MR) is 130 cm³/mol. The first-order chi connectivity index (χ1) is 14.9. The minimum atomic E-state index is -3.31. The Kier molecular flexibility index (Phi) is 9.69. The molecule has 0 atom stereocenters. The van der Waals surface area contributed by atoms with Crippen molar-refractivity contribution in [1.29, 1.82) is 0 Å². The maximum atomic E-state index is 13.9. The molecule has 1 N–H and O–H groups in total. The molecule has 0 spiro atoms. The highest BCUT2D eigenvalue weighted by molar-refractivity contribution is 7.89. The fourth-order valence-corrected chi connectivity index (χ4v) is 6.47. The zero-order valence-electron chi connectivity index (χ0n) is 18.1. The summed E-state index contributed by atoms with van der Waals surface area (Å²) in [7, 11) is -3.31. The van der Waals surface area contributed by atoms with E-state index in [2.05, 4.69) is 5.32 Å². The van der Waals surface area contributed by atoms with E-state index in [0.717, 1.165) is 0 Å². The van der Waals surface area contributed by atoms with Crippen molar-refractivity contribution in [2.75, 3.05) is 38.5 Å². The van der Waals surface area contributed by atoms with Gasteiger partial charge in [-0.3, -0.25) is 9.69 Å². The van der Waals surface area contributed by atoms with Gasteiger partial charge in [-0.25, -0.2) is 17.2 Å². The SMILES string of the molecule is CCS(=O)(=O)N1CCN(C2(CNC(=O)c3c(Cl)cc(Cl)cc3Cl)CCC(F)(F)CC2)CC1.Cl. The highest BCUT2D eigenvalue weighted by atomic mass is 35.5. The Balaban J connectivity index is 0.00000385. The lowest BCUT2D eigenvalue weighted by Crippen LogP contribution is -2.63. The second kappa shape index (κ2) is 11.1. The number of hydrogen-bond acceptors (Lipinski definition) is 4. The van der Waals surface area contributed by atoms with Crippen LogP contribution in [0.2, 0.25) is 15.1 Å². The largest absolute Gasteiger partial charge is 0.350 e. The van der Waals surface area contributed by atoms with Crippen LogP contribution in [0.15, 0.2) is 12.1 Å². The molecule has 0 radical (unpaired) electrons. The number of benzene rings is 1. The van der Waals surface area contributed by atoms with Crippen LogP contribution in [0.5, 0.6) is 0 Å². The van der Waals surface area contributed by atoms with Crippen LogP contribution in [-0.4, -0.2) is 73.5 Å². The number of nitrogens with one attached hydrogen (secondary N) is 1. The molecule has 3 rings (SSSR count). The second-order valence-electron chi connectivity index (χ2n) is 8.29. The van der Waals surface area contributed by atoms with Gasteiger partial charge < -0.3 is 5.32 Å². The predicted octanol–water partition coefficient (Wildman–Crippen LogP) is 4.71. The van der Waals surface area contributed by atoms with Crippen LogP contribution in [0.3, 0.4) is 0 Å². The van der Waals surface area contributed by atoms with Gasteiger partial charge in [0.15, 0.2) is 0 Å². The van der Waals surface area contributed by atoms with Gasteiger partial charge in [-0.2, -0.15) is 4.31 Å². The Morgan fingerprint density at radius 1 is 1.03 bits per heavy atom. The number of hydrogen-bond donors (Lipinski definition) is 1. The van der Waals surface area contributed by atoms with E-state index in [-0.39, 0.29) is 79.1 Å². The Morgan fingerprint density at radius 2 is 1.55 bits per heavy atom. The highest BCUT2D eigenvalue weighted by Gasteiger charge is 2.47. The summed E-state index contributed by atoms with van der Waals surface area (Å²) in [5, 5.41) is 3.31. The van der Waals surface area contributed by atoms with E-state index in [1.807, 2.05) is 4.90 Å². The molecular formula is C20H27Cl4F2N3O3S. The van der Waals surface area contributed by atoms with Crippen LogP contribution in [0.4, 0.5) is 8.78 Å². The van der Waals surface area contributed by atoms with Crippen LogP contribution in [0.1, 0.15) is 43.0 Å². The Bertz CT molecular complexity index is 940. The molecule has 1 heterocycles. The number of alkyl halides is 2. The minimum Gasteiger partial charge on any atom is -0.350 e. The lowest BCUT2D eigenvalue weighted by Gasteiger charge is -2.50. The van der Waals surface area contributed by atoms with Crippen LogP contribution in [-0.2, 0) is 10.0 Å². The van der Waals surface area contributed by atoms with Crippen LogP contribution >= 0.6 is 47.2 Å². The molecule has 1 amide bonds. The van der Waals surface area contributed by atoms with E-state index in [4.69, 9.17) is 34.8 Å². The molecule has 188 valence electrons. The van der Waals surface area contributed by atoms with Gasteiger partial charge in [0.2, 0.25) is 15.9 Å². The Morgan fingerprint density at radius 3 is 2.03 bits per heavy atom. The molecule has 0 aromatic heterocycles. The molecule has 1 saturated heterocycles. The van der Waals surface area contributed by atoms with E-state index in [1.54, 1.807) is 6.92 Å². The third-order valence-corrected chi connectivity index (χ3v) is 9.09. The van der Waals surface area contributed by atoms with Gasteiger partial charge in [0, 0.05) is 56.1 Å². The smallest absolute Gasteiger partial charge is 0.254 e. The van der Waals surface area contributed by atoms with Crippen molar-refractivity contribution < 1.29 is 22.0 Å². The number of piperazine rings is 1. The number of halogens is 6. The number of carbonyl (C=O) groups is 1. The number of nitrogens with zero attached hydrogens (tertiary/aromatic N) is 2. The lowest BCUT2D eigenvalue weighted by molar-refractivity contribution is -0.0856. The fraction of sp³-hybridized carbons (Fsp3) is 0.650. The van der Waals surface area contributed by atoms with Crippen molar-refractivity contribution in [3.05, 3.63) is 32.8 Å². The van der Waals surface area contributed by atoms with E-state index in [0.29, 0.717) is 18.1 Å². The van der Waals surface area contributed by atoms with Crippen LogP contribution in [0, 0.1) is 0 Å². The van der Waals surface area contributed by atoms with Crippen molar-refractivity contribution in [2.24, 2.45) is 0 Å². The van der Waals surface area contributed by atoms with Crippen LogP contribution < -0.4 is 5.32 Å². The number of sulfonamides is 1. The first kappa shape index (κ1) is 28.8. The topological polar surface area (TPSA) is 69.7 Å². The van der Waals surface area contributed by atoms with E-state index in [1.165, 1.54) is 16.4 Å². The summed E-state index contributed by atoms with van der Waals surface area (Å²) in [5.41, 5.74) is -0.627. The summed E-state index contributed by atoms with van der Waals surface area (Å²) in [6.45, 7) is 3.10. The summed E-state index contributed by atoms with van der Waals surface area (Å²) in [6.07, 6.45) is -0.219. The molecule has 1 aliphatic heterocycles. The molecule has 6 nitrogen and oxygen atoms in total. The van der Waals surface area contributed by atoms with Crippen LogP contribution in [0.25, 0.3) is 0 Å². The first-order valence-corrected chi connectivity index (χ1v) is 13.2. The van der Waals surface area contributed by atoms with Gasteiger partial charge in [0.25, 0.3) is 5.91 Å². The molecule has 1 aromatic rings. The maximum Gasteiger partial charge on any atom is 0.254 e. The second-order valence-corrected chi connectivity index (χ2v) is 11.8. The Hall–Kier alpha value is -0.420. The molecule has 33 heavy (non-hydrogen) atoms. The van der Waals surface area contributed by atoms with Gasteiger partial charge in [-0.05, 0) is 31.9 Å². The monoisotopic (exact) mass is 567 g/mol. The average molecular weight is 569 g/mol. The van der Waals surface area contributed by atoms with Crippen molar-refractivity contribution >= 4 is 63.1 Å². The molecule has 1 aromatic carbocycles. The molecular weight excluding hydrogens is 542 g/mol. The minimum absolute atomic E-state index is 0. The highest BCUT2D eigenvalue weighted by Crippen LogP contribution is 2.42. The molecule has 1 aliphatic carbocycles. The Labute approximate surface area is 214 Å². The lowest BCUT2D eigenvalue weighted by atomic mass is 9.78. The zero-order chi connectivity index (χ0) is 23.7. The van der Waals surface area contributed by atoms with E-state index >= 15 is 0 Å². The molecule has 0 unspecified atom stereocenters. The normalized spacial score (nSPS) is 21.3. The van der Waals surface area contributed by atoms with E-state index < -0.39 is 27.4 Å². The number of carbonyl (C=O) groups excluding carboxylic acids is 1. The molecule has 2 fully saturated rings. The molecule has 0 bridgehead atoms. The third kappa shape index (κ3) is 6.63. The van der Waals surface area contributed by atoms with Gasteiger partial charge >= 0.3 is 0 Å². The van der Waals surface area contributed by atoms with Gasteiger partial charge in [0.1, 0.15) is 0 Å². The molecule has 1 saturated carbocycles. The fourth-order valence-electron chi connectivity index (χ4n) is 4.40. The van der Waals surface area contributed by atoms with Gasteiger partial charge in [-0.1, -0.05) is 34.8 Å². The average Bonchev–Trinajstić information content (AvgIpc) is 2.73. The first-order valence-electron chi connectivity index (χ1n) is 10.4. The zero-order valence-corrected chi connectivity index (χ0v) is 22.0. The molecule has 2 aliphatic rings. The summed E-state index contributed by atoms with van der Waals surface area (Å²) in [4.78, 5) is 14.9. The maximum absolute atomic E-state index is 13.9. The van der Waals surface area contributed by atoms with Crippen molar-refractivity contribution in [3.8, 4) is 0 Å². The standard InChI is InChI=1S/C20H26Cl3F2N3O3S.ClH/c1-2-32(30,31)28-9-7-27(8-10-28)19(3-5-20(24,25)6-4-19)13-26-18(29)17-15(22)11-14(21)12-16(17)23;/h11-12H,2-10,13H2,1H3,(H,26,29);1H. The van der Waals surface area contributed by atoms with Gasteiger partial charge in [0.05, 0.1) is 21.4 Å².